The molecular weight excluding hydrogens is 497 g/mol. The fourth-order valence-electron chi connectivity index (χ4n) is 4.34. The Kier molecular flexibility index (Phi) is 8.02. The van der Waals surface area contributed by atoms with Crippen molar-refractivity contribution in [2.24, 2.45) is 10.2 Å². The molecule has 2 saturated heterocycles. The van der Waals surface area contributed by atoms with Gasteiger partial charge in [-0.15, -0.1) is 5.11 Å². The number of halogens is 2. The molecule has 3 aromatic rings. The Morgan fingerprint density at radius 3 is 2.81 bits per heavy atom. The summed E-state index contributed by atoms with van der Waals surface area (Å²) in [5, 5.41) is 14.4. The van der Waals surface area contributed by atoms with Crippen LogP contribution in [-0.4, -0.2) is 53.8 Å². The third-order valence-corrected chi connectivity index (χ3v) is 6.43. The number of morpholine rings is 1. The quantitative estimate of drug-likeness (QED) is 0.414. The molecule has 194 valence electrons. The van der Waals surface area contributed by atoms with Gasteiger partial charge in [0.25, 0.3) is 5.95 Å². The van der Waals surface area contributed by atoms with Crippen LogP contribution in [0.3, 0.4) is 0 Å². The molecule has 2 aromatic heterocycles. The van der Waals surface area contributed by atoms with E-state index in [1.165, 1.54) is 0 Å². The number of hydrazine groups is 1. The minimum Gasteiger partial charge on any atom is -0.378 e. The summed E-state index contributed by atoms with van der Waals surface area (Å²) in [5.41, 5.74) is 6.89. The van der Waals surface area contributed by atoms with Crippen LogP contribution in [-0.2, 0) is 11.3 Å². The maximum Gasteiger partial charge on any atom is 0.270 e. The van der Waals surface area contributed by atoms with Crippen molar-refractivity contribution in [2.45, 2.75) is 32.4 Å². The lowest BCUT2D eigenvalue weighted by atomic mass is 10.1. The third-order valence-electron chi connectivity index (χ3n) is 6.21. The van der Waals surface area contributed by atoms with Crippen LogP contribution < -0.4 is 20.7 Å². The molecule has 5 rings (SSSR count). The number of aromatic nitrogens is 3. The standard InChI is InChI=1S/C25H29ClFN9O/c1-17-3-2-6-31-36(17)22-12-18(26)11-21(13-22)32-20-5-4-19(28-14-20)15-30-34-25-29-16-23(27)24(33-25)35-7-9-37-10-8-35/h4-5,11-14,16-17,31-32H,2-3,6-10,15H2,1H3. The summed E-state index contributed by atoms with van der Waals surface area (Å²) < 4.78 is 19.5. The van der Waals surface area contributed by atoms with Crippen molar-refractivity contribution < 1.29 is 9.13 Å². The number of rotatable bonds is 7. The van der Waals surface area contributed by atoms with Gasteiger partial charge in [0.2, 0.25) is 0 Å². The van der Waals surface area contributed by atoms with Gasteiger partial charge in [0, 0.05) is 36.4 Å². The fourth-order valence-corrected chi connectivity index (χ4v) is 4.57. The second kappa shape index (κ2) is 11.8. The Balaban J connectivity index is 1.21. The molecule has 1 aromatic carbocycles. The Bertz CT molecular complexity index is 1240. The van der Waals surface area contributed by atoms with E-state index >= 15 is 0 Å². The summed E-state index contributed by atoms with van der Waals surface area (Å²) in [4.78, 5) is 14.4. The summed E-state index contributed by atoms with van der Waals surface area (Å²) in [6.07, 6.45) is 5.15. The van der Waals surface area contributed by atoms with Crippen LogP contribution in [0.15, 0.2) is 53.0 Å². The molecule has 2 aliphatic rings. The van der Waals surface area contributed by atoms with E-state index in [4.69, 9.17) is 16.3 Å². The Labute approximate surface area is 219 Å². The van der Waals surface area contributed by atoms with Crippen LogP contribution >= 0.6 is 11.6 Å². The van der Waals surface area contributed by atoms with Gasteiger partial charge < -0.3 is 20.0 Å². The van der Waals surface area contributed by atoms with Crippen LogP contribution in [0.1, 0.15) is 25.5 Å². The van der Waals surface area contributed by atoms with Crippen LogP contribution in [0.4, 0.5) is 33.2 Å². The predicted molar refractivity (Wildman–Crippen MR) is 141 cm³/mol. The number of ether oxygens (including phenoxy) is 1. The molecule has 37 heavy (non-hydrogen) atoms. The van der Waals surface area contributed by atoms with Crippen molar-refractivity contribution in [3.8, 4) is 0 Å². The van der Waals surface area contributed by atoms with Gasteiger partial charge in [-0.05, 0) is 50.1 Å². The van der Waals surface area contributed by atoms with Crippen LogP contribution in [0, 0.1) is 5.82 Å². The molecule has 2 N–H and O–H groups in total. The lowest BCUT2D eigenvalue weighted by molar-refractivity contribution is 0.122. The molecule has 1 unspecified atom stereocenters. The van der Waals surface area contributed by atoms with Gasteiger partial charge in [0.05, 0.1) is 42.7 Å². The highest BCUT2D eigenvalue weighted by atomic mass is 35.5. The molecule has 2 aliphatic heterocycles. The maximum atomic E-state index is 14.2. The van der Waals surface area contributed by atoms with Crippen molar-refractivity contribution in [3.05, 3.63) is 59.3 Å². The molecule has 2 fully saturated rings. The van der Waals surface area contributed by atoms with E-state index in [2.05, 4.69) is 53.9 Å². The second-order valence-electron chi connectivity index (χ2n) is 8.97. The summed E-state index contributed by atoms with van der Waals surface area (Å²) in [7, 11) is 0. The number of hydrogen-bond donors (Lipinski definition) is 2. The fraction of sp³-hybridized carbons (Fsp3) is 0.400. The average Bonchev–Trinajstić information content (AvgIpc) is 2.91. The van der Waals surface area contributed by atoms with Crippen molar-refractivity contribution in [1.29, 1.82) is 0 Å². The molecule has 0 amide bonds. The first kappa shape index (κ1) is 25.2. The molecular formula is C25H29ClFN9O. The first-order valence-corrected chi connectivity index (χ1v) is 12.7. The average molecular weight is 526 g/mol. The van der Waals surface area contributed by atoms with E-state index in [0.717, 1.165) is 48.3 Å². The Morgan fingerprint density at radius 1 is 1.16 bits per heavy atom. The minimum atomic E-state index is -0.487. The molecule has 0 radical (unpaired) electrons. The summed E-state index contributed by atoms with van der Waals surface area (Å²) >= 11 is 6.41. The number of nitrogens with zero attached hydrogens (tertiary/aromatic N) is 7. The molecule has 0 spiro atoms. The molecule has 0 aliphatic carbocycles. The number of anilines is 4. The van der Waals surface area contributed by atoms with Crippen molar-refractivity contribution >= 4 is 40.4 Å². The van der Waals surface area contributed by atoms with Crippen molar-refractivity contribution in [2.75, 3.05) is 48.1 Å². The van der Waals surface area contributed by atoms with Crippen LogP contribution in [0.5, 0.6) is 0 Å². The highest BCUT2D eigenvalue weighted by molar-refractivity contribution is 6.31. The largest absolute Gasteiger partial charge is 0.378 e. The number of pyridine rings is 1. The zero-order valence-corrected chi connectivity index (χ0v) is 21.3. The smallest absolute Gasteiger partial charge is 0.270 e. The van der Waals surface area contributed by atoms with Gasteiger partial charge in [0.15, 0.2) is 11.6 Å². The molecule has 1 atom stereocenters. The SMILES string of the molecule is CC1CCCNN1c1cc(Cl)cc(Nc2ccc(CN=Nc3ncc(F)c(N4CCOCC4)n3)nc2)c1. The zero-order chi connectivity index (χ0) is 25.6. The highest BCUT2D eigenvalue weighted by Crippen LogP contribution is 2.29. The van der Waals surface area contributed by atoms with Gasteiger partial charge in [0.1, 0.15) is 6.54 Å². The van der Waals surface area contributed by atoms with Crippen molar-refractivity contribution in [3.63, 3.8) is 0 Å². The Morgan fingerprint density at radius 2 is 2.03 bits per heavy atom. The van der Waals surface area contributed by atoms with Gasteiger partial charge in [-0.1, -0.05) is 11.6 Å². The van der Waals surface area contributed by atoms with Gasteiger partial charge in [-0.25, -0.2) is 14.8 Å². The monoisotopic (exact) mass is 525 g/mol. The zero-order valence-electron chi connectivity index (χ0n) is 20.6. The number of benzene rings is 1. The van der Waals surface area contributed by atoms with E-state index in [9.17, 15) is 4.39 Å². The first-order valence-electron chi connectivity index (χ1n) is 12.3. The van der Waals surface area contributed by atoms with Gasteiger partial charge in [-0.2, -0.15) is 10.1 Å². The van der Waals surface area contributed by atoms with Gasteiger partial charge in [-0.3, -0.25) is 4.98 Å². The lowest BCUT2D eigenvalue weighted by Gasteiger charge is -2.36. The summed E-state index contributed by atoms with van der Waals surface area (Å²) in [5.74, 6) is -0.162. The highest BCUT2D eigenvalue weighted by Gasteiger charge is 2.20. The normalized spacial score (nSPS) is 18.4. The van der Waals surface area contributed by atoms with Gasteiger partial charge >= 0.3 is 0 Å². The third kappa shape index (κ3) is 6.48. The number of azo groups is 1. The molecule has 0 bridgehead atoms. The number of nitrogens with one attached hydrogen (secondary N) is 2. The summed E-state index contributed by atoms with van der Waals surface area (Å²) in [6.45, 7) is 5.59. The predicted octanol–water partition coefficient (Wildman–Crippen LogP) is 5.02. The lowest BCUT2D eigenvalue weighted by Crippen LogP contribution is -2.48. The molecule has 10 nitrogen and oxygen atoms in total. The van der Waals surface area contributed by atoms with Crippen LogP contribution in [0.2, 0.25) is 5.02 Å². The van der Waals surface area contributed by atoms with E-state index < -0.39 is 5.82 Å². The van der Waals surface area contributed by atoms with E-state index in [1.807, 2.05) is 29.2 Å². The van der Waals surface area contributed by atoms with E-state index in [0.29, 0.717) is 37.4 Å². The van der Waals surface area contributed by atoms with E-state index in [1.54, 1.807) is 6.20 Å². The van der Waals surface area contributed by atoms with Crippen molar-refractivity contribution in [1.82, 2.24) is 20.4 Å². The minimum absolute atomic E-state index is 0.107. The maximum absolute atomic E-state index is 14.2. The summed E-state index contributed by atoms with van der Waals surface area (Å²) in [6, 6.07) is 10.1. The molecule has 12 heteroatoms. The topological polar surface area (TPSA) is 103 Å². The number of hydrogen-bond acceptors (Lipinski definition) is 10. The Hall–Kier alpha value is -3.41. The van der Waals surface area contributed by atoms with E-state index in [-0.39, 0.29) is 18.3 Å². The second-order valence-corrected chi connectivity index (χ2v) is 9.41. The van der Waals surface area contributed by atoms with Crippen LogP contribution in [0.25, 0.3) is 0 Å². The molecule has 0 saturated carbocycles. The molecule has 4 heterocycles. The first-order chi connectivity index (χ1) is 18.0.